The number of nitrogens with one attached hydrogen (secondary N) is 1. The molecule has 0 bridgehead atoms. The molecular weight excluding hydrogens is 316 g/mol. The predicted molar refractivity (Wildman–Crippen MR) is 69.8 cm³/mol. The van der Waals surface area contributed by atoms with Gasteiger partial charge in [0.2, 0.25) is 5.82 Å². The van der Waals surface area contributed by atoms with Crippen LogP contribution in [0.2, 0.25) is 0 Å². The number of hydrogen-bond donors (Lipinski definition) is 1. The average molecular weight is 321 g/mol. The molecule has 0 aliphatic heterocycles. The zero-order valence-electron chi connectivity index (χ0n) is 8.85. The van der Waals surface area contributed by atoms with E-state index in [1.807, 2.05) is 17.5 Å². The van der Waals surface area contributed by atoms with Crippen molar-refractivity contribution in [3.8, 4) is 28.4 Å². The van der Waals surface area contributed by atoms with Crippen LogP contribution in [0.4, 0.5) is 0 Å². The highest BCUT2D eigenvalue weighted by Gasteiger charge is 2.13. The van der Waals surface area contributed by atoms with Crippen molar-refractivity contribution in [1.82, 2.24) is 15.1 Å². The van der Waals surface area contributed by atoms with Crippen LogP contribution in [0.1, 0.15) is 5.56 Å². The van der Waals surface area contributed by atoms with E-state index in [0.717, 1.165) is 9.35 Å². The number of aromatic nitrogens is 3. The molecule has 0 saturated carbocycles. The van der Waals surface area contributed by atoms with Gasteiger partial charge in [0.1, 0.15) is 11.8 Å². The van der Waals surface area contributed by atoms with Crippen LogP contribution in [-0.4, -0.2) is 15.1 Å². The number of hydrogen-bond acceptors (Lipinski definition) is 5. The third-order valence-electron chi connectivity index (χ3n) is 2.26. The smallest absolute Gasteiger partial charge is 0.274 e. The first kappa shape index (κ1) is 11.2. The Balaban J connectivity index is 1.96. The van der Waals surface area contributed by atoms with Crippen LogP contribution < -0.4 is 0 Å². The molecular formula is C11H5BrN4OS. The van der Waals surface area contributed by atoms with E-state index >= 15 is 0 Å². The van der Waals surface area contributed by atoms with Crippen molar-refractivity contribution in [1.29, 1.82) is 5.26 Å². The molecule has 3 aromatic heterocycles. The van der Waals surface area contributed by atoms with Gasteiger partial charge in [0.25, 0.3) is 5.89 Å². The molecule has 0 atom stereocenters. The highest BCUT2D eigenvalue weighted by molar-refractivity contribution is 9.10. The largest absolute Gasteiger partial charge is 0.356 e. The van der Waals surface area contributed by atoms with Crippen LogP contribution in [0.5, 0.6) is 0 Å². The highest BCUT2D eigenvalue weighted by Crippen LogP contribution is 2.29. The highest BCUT2D eigenvalue weighted by atomic mass is 79.9. The molecule has 0 fully saturated rings. The van der Waals surface area contributed by atoms with Crippen molar-refractivity contribution < 1.29 is 4.52 Å². The van der Waals surface area contributed by atoms with Gasteiger partial charge in [0.15, 0.2) is 0 Å². The molecule has 3 aromatic rings. The van der Waals surface area contributed by atoms with E-state index < -0.39 is 0 Å². The zero-order chi connectivity index (χ0) is 12.5. The van der Waals surface area contributed by atoms with Crippen molar-refractivity contribution >= 4 is 27.3 Å². The number of nitriles is 1. The Hall–Kier alpha value is -1.91. The zero-order valence-corrected chi connectivity index (χ0v) is 11.2. The van der Waals surface area contributed by atoms with Gasteiger partial charge in [-0.05, 0) is 28.1 Å². The first-order chi connectivity index (χ1) is 8.76. The first-order valence-electron chi connectivity index (χ1n) is 4.93. The number of nitrogens with zero attached hydrogens (tertiary/aromatic N) is 3. The lowest BCUT2D eigenvalue weighted by Crippen LogP contribution is -1.77. The number of aromatic amines is 1. The first-order valence-corrected chi connectivity index (χ1v) is 6.60. The fourth-order valence-corrected chi connectivity index (χ4v) is 2.80. The van der Waals surface area contributed by atoms with Crippen molar-refractivity contribution in [2.45, 2.75) is 0 Å². The molecule has 3 rings (SSSR count). The van der Waals surface area contributed by atoms with Crippen molar-refractivity contribution in [2.24, 2.45) is 0 Å². The van der Waals surface area contributed by atoms with Crippen LogP contribution in [-0.2, 0) is 0 Å². The van der Waals surface area contributed by atoms with Crippen molar-refractivity contribution in [2.75, 3.05) is 0 Å². The summed E-state index contributed by atoms with van der Waals surface area (Å²) in [7, 11) is 0. The Morgan fingerprint density at radius 1 is 1.44 bits per heavy atom. The minimum atomic E-state index is 0.371. The lowest BCUT2D eigenvalue weighted by atomic mass is 10.3. The molecule has 0 radical (unpaired) electrons. The lowest BCUT2D eigenvalue weighted by molar-refractivity contribution is 0.431. The molecule has 0 saturated heterocycles. The van der Waals surface area contributed by atoms with E-state index in [2.05, 4.69) is 31.1 Å². The van der Waals surface area contributed by atoms with Crippen LogP contribution >= 0.6 is 27.3 Å². The second-order valence-electron chi connectivity index (χ2n) is 3.47. The van der Waals surface area contributed by atoms with E-state index in [-0.39, 0.29) is 0 Å². The molecule has 0 spiro atoms. The third kappa shape index (κ3) is 1.96. The van der Waals surface area contributed by atoms with Crippen molar-refractivity contribution in [3.05, 3.63) is 33.7 Å². The van der Waals surface area contributed by atoms with E-state index in [1.165, 1.54) is 11.3 Å². The second-order valence-corrected chi connectivity index (χ2v) is 5.29. The maximum absolute atomic E-state index is 8.74. The van der Waals surface area contributed by atoms with E-state index in [4.69, 9.17) is 9.78 Å². The number of halogens is 1. The monoisotopic (exact) mass is 320 g/mol. The summed E-state index contributed by atoms with van der Waals surface area (Å²) in [6.07, 6.45) is 1.60. The number of H-pyrrole nitrogens is 1. The Labute approximate surface area is 114 Å². The maximum atomic E-state index is 8.74. The Kier molecular flexibility index (Phi) is 2.74. The topological polar surface area (TPSA) is 78.5 Å². The second kappa shape index (κ2) is 4.40. The molecule has 5 nitrogen and oxygen atoms in total. The van der Waals surface area contributed by atoms with Crippen LogP contribution in [0.3, 0.4) is 0 Å². The Morgan fingerprint density at radius 2 is 2.33 bits per heavy atom. The molecule has 1 N–H and O–H groups in total. The molecule has 0 unspecified atom stereocenters. The molecule has 7 heteroatoms. The molecule has 0 aliphatic rings. The summed E-state index contributed by atoms with van der Waals surface area (Å²) in [6, 6.07) is 5.63. The van der Waals surface area contributed by atoms with Gasteiger partial charge in [-0.15, -0.1) is 11.3 Å². The van der Waals surface area contributed by atoms with Gasteiger partial charge in [-0.25, -0.2) is 0 Å². The lowest BCUT2D eigenvalue weighted by Gasteiger charge is -1.84. The molecule has 88 valence electrons. The fourth-order valence-electron chi connectivity index (χ4n) is 1.45. The van der Waals surface area contributed by atoms with Crippen LogP contribution in [0, 0.1) is 11.3 Å². The standard InChI is InChI=1S/C11H5BrN4OS/c12-7-2-9(18-5-7)10-15-11(17-16-10)8-1-6(3-13)4-14-8/h1-2,4-5,14H. The van der Waals surface area contributed by atoms with Crippen LogP contribution in [0.25, 0.3) is 22.3 Å². The summed E-state index contributed by atoms with van der Waals surface area (Å²) < 4.78 is 6.15. The summed E-state index contributed by atoms with van der Waals surface area (Å²) in [5.74, 6) is 0.907. The third-order valence-corrected chi connectivity index (χ3v) is 3.94. The number of rotatable bonds is 2. The molecule has 18 heavy (non-hydrogen) atoms. The van der Waals surface area contributed by atoms with Gasteiger partial charge >= 0.3 is 0 Å². The molecule has 0 aliphatic carbocycles. The van der Waals surface area contributed by atoms with Gasteiger partial charge in [-0.3, -0.25) is 0 Å². The average Bonchev–Trinajstić information content (AvgIpc) is 3.07. The minimum Gasteiger partial charge on any atom is -0.356 e. The van der Waals surface area contributed by atoms with Crippen molar-refractivity contribution in [3.63, 3.8) is 0 Å². The van der Waals surface area contributed by atoms with Gasteiger partial charge < -0.3 is 9.51 Å². The summed E-state index contributed by atoms with van der Waals surface area (Å²) >= 11 is 4.90. The fraction of sp³-hybridized carbons (Fsp3) is 0. The summed E-state index contributed by atoms with van der Waals surface area (Å²) in [5.41, 5.74) is 1.17. The Bertz CT molecular complexity index is 736. The molecule has 3 heterocycles. The summed E-state index contributed by atoms with van der Waals surface area (Å²) in [5, 5.41) is 14.6. The van der Waals surface area contributed by atoms with Gasteiger partial charge in [0.05, 0.1) is 10.4 Å². The van der Waals surface area contributed by atoms with Crippen LogP contribution in [0.15, 0.2) is 32.7 Å². The normalized spacial score (nSPS) is 10.4. The van der Waals surface area contributed by atoms with Gasteiger partial charge in [0, 0.05) is 16.0 Å². The quantitative estimate of drug-likeness (QED) is 0.784. The number of thiophene rings is 1. The SMILES string of the molecule is N#Cc1c[nH]c(-c2nc(-c3cc(Br)cs3)no2)c1. The summed E-state index contributed by atoms with van der Waals surface area (Å²) in [6.45, 7) is 0. The van der Waals surface area contributed by atoms with E-state index in [0.29, 0.717) is 23.0 Å². The van der Waals surface area contributed by atoms with E-state index in [1.54, 1.807) is 12.3 Å². The maximum Gasteiger partial charge on any atom is 0.274 e. The predicted octanol–water partition coefficient (Wildman–Crippen LogP) is 3.43. The van der Waals surface area contributed by atoms with E-state index in [9.17, 15) is 0 Å². The summed E-state index contributed by atoms with van der Waals surface area (Å²) in [4.78, 5) is 8.12. The van der Waals surface area contributed by atoms with Gasteiger partial charge in [-0.1, -0.05) is 5.16 Å². The molecule has 0 aromatic carbocycles. The van der Waals surface area contributed by atoms with Gasteiger partial charge in [-0.2, -0.15) is 10.2 Å². The Morgan fingerprint density at radius 3 is 3.00 bits per heavy atom. The molecule has 0 amide bonds. The minimum absolute atomic E-state index is 0.371.